The van der Waals surface area contributed by atoms with Crippen molar-refractivity contribution in [1.82, 2.24) is 0 Å². The number of nitriles is 1. The molecule has 8 nitrogen and oxygen atoms in total. The maximum atomic E-state index is 12.6. The van der Waals surface area contributed by atoms with Crippen LogP contribution in [0.15, 0.2) is 47.1 Å². The van der Waals surface area contributed by atoms with Gasteiger partial charge in [0.15, 0.2) is 5.79 Å². The number of hydrogen-bond acceptors (Lipinski definition) is 8. The van der Waals surface area contributed by atoms with E-state index in [0.717, 1.165) is 37.2 Å². The van der Waals surface area contributed by atoms with Crippen molar-refractivity contribution < 1.29 is 23.7 Å². The highest BCUT2D eigenvalue weighted by atomic mass is 16.7. The lowest BCUT2D eigenvalue weighted by atomic mass is 9.83. The largest absolute Gasteiger partial charge is 0.463 e. The molecule has 1 aromatic rings. The van der Waals surface area contributed by atoms with Crippen LogP contribution in [0.2, 0.25) is 0 Å². The van der Waals surface area contributed by atoms with Crippen molar-refractivity contribution in [2.75, 3.05) is 37.8 Å². The second kappa shape index (κ2) is 8.61. The summed E-state index contributed by atoms with van der Waals surface area (Å²) in [6, 6.07) is 9.96. The van der Waals surface area contributed by atoms with Crippen molar-refractivity contribution in [3.05, 3.63) is 52.6 Å². The van der Waals surface area contributed by atoms with Gasteiger partial charge in [0.25, 0.3) is 0 Å². The number of esters is 1. The molecule has 1 unspecified atom stereocenters. The van der Waals surface area contributed by atoms with Gasteiger partial charge in [-0.2, -0.15) is 5.26 Å². The smallest absolute Gasteiger partial charge is 0.338 e. The lowest BCUT2D eigenvalue weighted by molar-refractivity contribution is -0.169. The molecule has 1 aromatic carbocycles. The number of carbonyl (C=O) groups is 1. The molecule has 1 atom stereocenters. The van der Waals surface area contributed by atoms with Crippen LogP contribution in [0.25, 0.3) is 0 Å². The number of piperidine rings is 1. The number of nitrogens with zero attached hydrogens (tertiary/aromatic N) is 2. The molecule has 31 heavy (non-hydrogen) atoms. The zero-order valence-electron chi connectivity index (χ0n) is 17.8. The molecule has 0 radical (unpaired) electrons. The highest BCUT2D eigenvalue weighted by Gasteiger charge is 2.40. The van der Waals surface area contributed by atoms with Gasteiger partial charge in [0.2, 0.25) is 5.88 Å². The van der Waals surface area contributed by atoms with Gasteiger partial charge in [0, 0.05) is 31.6 Å². The van der Waals surface area contributed by atoms with E-state index in [1.165, 1.54) is 0 Å². The number of ether oxygens (including phenoxy) is 4. The van der Waals surface area contributed by atoms with Gasteiger partial charge in [-0.25, -0.2) is 4.79 Å². The second-order valence-corrected chi connectivity index (χ2v) is 7.80. The van der Waals surface area contributed by atoms with E-state index in [4.69, 9.17) is 24.7 Å². The Bertz CT molecular complexity index is 944. The van der Waals surface area contributed by atoms with Crippen LogP contribution in [0.1, 0.15) is 38.2 Å². The number of anilines is 1. The molecule has 8 heteroatoms. The van der Waals surface area contributed by atoms with Crippen LogP contribution in [0.5, 0.6) is 0 Å². The molecular formula is C23H27N3O5. The monoisotopic (exact) mass is 425 g/mol. The van der Waals surface area contributed by atoms with Crippen LogP contribution >= 0.6 is 0 Å². The molecular weight excluding hydrogens is 398 g/mol. The highest BCUT2D eigenvalue weighted by Crippen LogP contribution is 2.40. The molecule has 0 aromatic heterocycles. The summed E-state index contributed by atoms with van der Waals surface area (Å²) in [6.45, 7) is 6.61. The number of hydrogen-bond donors (Lipinski definition) is 1. The van der Waals surface area contributed by atoms with Gasteiger partial charge in [-0.1, -0.05) is 12.1 Å². The minimum atomic E-state index is -0.628. The van der Waals surface area contributed by atoms with E-state index in [1.54, 1.807) is 13.8 Å². The summed E-state index contributed by atoms with van der Waals surface area (Å²) in [5.41, 5.74) is 8.32. The van der Waals surface area contributed by atoms with Crippen molar-refractivity contribution >= 4 is 11.7 Å². The second-order valence-electron chi connectivity index (χ2n) is 7.80. The van der Waals surface area contributed by atoms with Crippen LogP contribution < -0.4 is 10.6 Å². The van der Waals surface area contributed by atoms with Gasteiger partial charge in [-0.15, -0.1) is 0 Å². The Morgan fingerprint density at radius 1 is 1.26 bits per heavy atom. The van der Waals surface area contributed by atoms with Gasteiger partial charge in [0.05, 0.1) is 31.3 Å². The molecule has 4 rings (SSSR count). The Labute approximate surface area is 181 Å². The number of rotatable bonds is 4. The van der Waals surface area contributed by atoms with Crippen LogP contribution in [0.4, 0.5) is 5.69 Å². The number of carbonyl (C=O) groups excluding carboxylic acids is 1. The Balaban J connectivity index is 1.58. The lowest BCUT2D eigenvalue weighted by Gasteiger charge is -2.38. The third-order valence-electron chi connectivity index (χ3n) is 6.03. The standard InChI is InChI=1S/C23H27N3O5/c1-3-28-22(27)19-15(2)31-21(25)18(14-24)20(19)16-4-6-17(7-5-16)26-10-8-23(9-11-26)29-12-13-30-23/h4-7,20H,3,8-13,25H2,1-2H3. The van der Waals surface area contributed by atoms with E-state index >= 15 is 0 Å². The molecule has 3 aliphatic heterocycles. The number of nitrogens with two attached hydrogens (primary N) is 1. The van der Waals surface area contributed by atoms with E-state index in [1.807, 2.05) is 24.3 Å². The third-order valence-corrected chi connectivity index (χ3v) is 6.03. The maximum Gasteiger partial charge on any atom is 0.338 e. The topological polar surface area (TPSA) is 107 Å². The molecule has 164 valence electrons. The quantitative estimate of drug-likeness (QED) is 0.734. The normalized spacial score (nSPS) is 23.0. The first kappa shape index (κ1) is 21.2. The van der Waals surface area contributed by atoms with Crippen molar-refractivity contribution in [2.24, 2.45) is 5.73 Å². The first-order valence-corrected chi connectivity index (χ1v) is 10.6. The first-order chi connectivity index (χ1) is 15.0. The van der Waals surface area contributed by atoms with Gasteiger partial charge in [0.1, 0.15) is 17.4 Å². The summed E-state index contributed by atoms with van der Waals surface area (Å²) >= 11 is 0. The predicted octanol–water partition coefficient (Wildman–Crippen LogP) is 2.67. The van der Waals surface area contributed by atoms with E-state index in [9.17, 15) is 10.1 Å². The average molecular weight is 425 g/mol. The molecule has 0 amide bonds. The SMILES string of the molecule is CCOC(=O)C1=C(C)OC(N)=C(C#N)C1c1ccc(N2CCC3(CC2)OCCO3)cc1. The van der Waals surface area contributed by atoms with Gasteiger partial charge >= 0.3 is 5.97 Å². The van der Waals surface area contributed by atoms with E-state index in [2.05, 4.69) is 11.0 Å². The fourth-order valence-electron chi connectivity index (χ4n) is 4.46. The van der Waals surface area contributed by atoms with Crippen LogP contribution in [-0.4, -0.2) is 44.7 Å². The Kier molecular flexibility index (Phi) is 5.90. The highest BCUT2D eigenvalue weighted by molar-refractivity contribution is 5.92. The molecule has 1 spiro atoms. The zero-order valence-corrected chi connectivity index (χ0v) is 17.8. The van der Waals surface area contributed by atoms with E-state index in [0.29, 0.717) is 24.5 Å². The summed E-state index contributed by atoms with van der Waals surface area (Å²) in [4.78, 5) is 14.9. The molecule has 0 saturated carbocycles. The number of allylic oxidation sites excluding steroid dienone is 2. The van der Waals surface area contributed by atoms with Crippen LogP contribution in [-0.2, 0) is 23.7 Å². The molecule has 0 aliphatic carbocycles. The van der Waals surface area contributed by atoms with E-state index < -0.39 is 17.7 Å². The lowest BCUT2D eigenvalue weighted by Crippen LogP contribution is -2.45. The van der Waals surface area contributed by atoms with Crippen LogP contribution in [0.3, 0.4) is 0 Å². The van der Waals surface area contributed by atoms with Gasteiger partial charge < -0.3 is 29.6 Å². The van der Waals surface area contributed by atoms with Gasteiger partial charge in [-0.05, 0) is 31.5 Å². The van der Waals surface area contributed by atoms with Crippen molar-refractivity contribution in [1.29, 1.82) is 5.26 Å². The minimum absolute atomic E-state index is 0.0139. The Hall–Kier alpha value is -3.02. The maximum absolute atomic E-state index is 12.6. The van der Waals surface area contributed by atoms with E-state index in [-0.39, 0.29) is 18.1 Å². The fraction of sp³-hybridized carbons (Fsp3) is 0.478. The predicted molar refractivity (Wildman–Crippen MR) is 113 cm³/mol. The molecule has 0 bridgehead atoms. The molecule has 3 aliphatic rings. The van der Waals surface area contributed by atoms with Crippen molar-refractivity contribution in [3.63, 3.8) is 0 Å². The average Bonchev–Trinajstić information content (AvgIpc) is 3.22. The van der Waals surface area contributed by atoms with Gasteiger partial charge in [-0.3, -0.25) is 0 Å². The zero-order chi connectivity index (χ0) is 22.0. The summed E-state index contributed by atoms with van der Waals surface area (Å²) in [7, 11) is 0. The number of benzene rings is 1. The summed E-state index contributed by atoms with van der Waals surface area (Å²) in [5.74, 6) is -1.19. The van der Waals surface area contributed by atoms with Crippen molar-refractivity contribution in [3.8, 4) is 6.07 Å². The molecule has 2 saturated heterocycles. The Morgan fingerprint density at radius 3 is 2.48 bits per heavy atom. The summed E-state index contributed by atoms with van der Waals surface area (Å²) in [5, 5.41) is 9.69. The molecule has 2 N–H and O–H groups in total. The molecule has 3 heterocycles. The minimum Gasteiger partial charge on any atom is -0.463 e. The van der Waals surface area contributed by atoms with Crippen LogP contribution in [0, 0.1) is 11.3 Å². The summed E-state index contributed by atoms with van der Waals surface area (Å²) in [6.07, 6.45) is 1.64. The fourth-order valence-corrected chi connectivity index (χ4v) is 4.46. The molecule has 2 fully saturated rings. The third kappa shape index (κ3) is 3.99. The summed E-state index contributed by atoms with van der Waals surface area (Å²) < 4.78 is 22.3. The Morgan fingerprint density at radius 2 is 1.90 bits per heavy atom. The van der Waals surface area contributed by atoms with Crippen molar-refractivity contribution in [2.45, 2.75) is 38.4 Å². The first-order valence-electron chi connectivity index (χ1n) is 10.6.